The van der Waals surface area contributed by atoms with Crippen molar-refractivity contribution in [3.63, 3.8) is 0 Å². The van der Waals surface area contributed by atoms with E-state index in [0.29, 0.717) is 5.92 Å². The van der Waals surface area contributed by atoms with Gasteiger partial charge in [-0.15, -0.1) is 10.2 Å². The fourth-order valence-electron chi connectivity index (χ4n) is 3.44. The zero-order valence-electron chi connectivity index (χ0n) is 15.3. The average Bonchev–Trinajstić information content (AvgIpc) is 3.00. The number of hydrogen-bond donors (Lipinski definition) is 1. The highest BCUT2D eigenvalue weighted by molar-refractivity contribution is 5.43. The van der Waals surface area contributed by atoms with Crippen LogP contribution in [0.25, 0.3) is 0 Å². The number of nitrogens with one attached hydrogen (secondary N) is 1. The monoisotopic (exact) mass is 338 g/mol. The third kappa shape index (κ3) is 3.43. The van der Waals surface area contributed by atoms with Crippen LogP contribution in [0.15, 0.2) is 18.2 Å². The van der Waals surface area contributed by atoms with E-state index in [2.05, 4.69) is 69.6 Å². The number of aromatic nitrogens is 4. The molecule has 1 aliphatic carbocycles. The predicted octanol–water partition coefficient (Wildman–Crippen LogP) is 2.60. The van der Waals surface area contributed by atoms with Crippen LogP contribution in [-0.2, 0) is 18.3 Å². The lowest BCUT2D eigenvalue weighted by atomic mass is 9.92. The minimum atomic E-state index is 0.0455. The van der Waals surface area contributed by atoms with Gasteiger partial charge >= 0.3 is 0 Å². The Labute approximate surface area is 149 Å². The van der Waals surface area contributed by atoms with Crippen molar-refractivity contribution in [3.05, 3.63) is 35.2 Å². The average molecular weight is 338 g/mol. The third-order valence-electron chi connectivity index (χ3n) is 5.09. The maximum atomic E-state index is 4.39. The van der Waals surface area contributed by atoms with Gasteiger partial charge in [-0.1, -0.05) is 20.8 Å². The number of hydrogen-bond acceptors (Lipinski definition) is 6. The van der Waals surface area contributed by atoms with Gasteiger partial charge in [0.2, 0.25) is 0 Å². The SMILES string of the molecule is CC(C)(C)c1ccc(N2CC(CNc3cc4c(nn3)CCC4)C2)nn1. The highest BCUT2D eigenvalue weighted by Gasteiger charge is 2.28. The van der Waals surface area contributed by atoms with E-state index in [-0.39, 0.29) is 5.41 Å². The Morgan fingerprint density at radius 3 is 2.64 bits per heavy atom. The Morgan fingerprint density at radius 2 is 1.92 bits per heavy atom. The zero-order valence-corrected chi connectivity index (χ0v) is 15.3. The van der Waals surface area contributed by atoms with Gasteiger partial charge in [0.05, 0.1) is 11.4 Å². The van der Waals surface area contributed by atoms with E-state index in [0.717, 1.165) is 49.8 Å². The summed E-state index contributed by atoms with van der Waals surface area (Å²) in [6.07, 6.45) is 3.43. The molecule has 0 aromatic carbocycles. The number of rotatable bonds is 4. The molecular formula is C19H26N6. The Kier molecular flexibility index (Phi) is 4.06. The number of aryl methyl sites for hydroxylation is 2. The molecule has 0 atom stereocenters. The maximum Gasteiger partial charge on any atom is 0.151 e. The van der Waals surface area contributed by atoms with Gasteiger partial charge in [-0.3, -0.25) is 0 Å². The Balaban J connectivity index is 1.28. The molecule has 2 aromatic heterocycles. The summed E-state index contributed by atoms with van der Waals surface area (Å²) in [5.41, 5.74) is 3.62. The van der Waals surface area contributed by atoms with E-state index in [1.807, 2.05) is 0 Å². The van der Waals surface area contributed by atoms with Crippen LogP contribution in [0.2, 0.25) is 0 Å². The molecule has 1 aliphatic heterocycles. The summed E-state index contributed by atoms with van der Waals surface area (Å²) < 4.78 is 0. The summed E-state index contributed by atoms with van der Waals surface area (Å²) >= 11 is 0. The highest BCUT2D eigenvalue weighted by Crippen LogP contribution is 2.26. The largest absolute Gasteiger partial charge is 0.368 e. The molecule has 2 aromatic rings. The van der Waals surface area contributed by atoms with Crippen LogP contribution < -0.4 is 10.2 Å². The van der Waals surface area contributed by atoms with Crippen molar-refractivity contribution in [1.29, 1.82) is 0 Å². The van der Waals surface area contributed by atoms with Crippen LogP contribution in [-0.4, -0.2) is 40.0 Å². The van der Waals surface area contributed by atoms with Crippen LogP contribution in [0, 0.1) is 5.92 Å². The predicted molar refractivity (Wildman–Crippen MR) is 99.0 cm³/mol. The van der Waals surface area contributed by atoms with Gasteiger partial charge in [0.1, 0.15) is 5.82 Å². The maximum absolute atomic E-state index is 4.39. The quantitative estimate of drug-likeness (QED) is 0.924. The molecule has 0 amide bonds. The lowest BCUT2D eigenvalue weighted by Crippen LogP contribution is -2.50. The molecule has 1 N–H and O–H groups in total. The van der Waals surface area contributed by atoms with E-state index < -0.39 is 0 Å². The van der Waals surface area contributed by atoms with E-state index in [1.165, 1.54) is 17.7 Å². The molecule has 3 heterocycles. The smallest absolute Gasteiger partial charge is 0.151 e. The molecule has 132 valence electrons. The Morgan fingerprint density at radius 1 is 1.08 bits per heavy atom. The fraction of sp³-hybridized carbons (Fsp3) is 0.579. The molecule has 1 saturated heterocycles. The second-order valence-electron chi connectivity index (χ2n) is 8.23. The van der Waals surface area contributed by atoms with Crippen LogP contribution in [0.3, 0.4) is 0 Å². The molecule has 0 saturated carbocycles. The van der Waals surface area contributed by atoms with Gasteiger partial charge in [-0.25, -0.2) is 0 Å². The molecule has 25 heavy (non-hydrogen) atoms. The molecule has 6 nitrogen and oxygen atoms in total. The topological polar surface area (TPSA) is 66.8 Å². The van der Waals surface area contributed by atoms with Gasteiger partial charge in [-0.05, 0) is 43.0 Å². The van der Waals surface area contributed by atoms with Gasteiger partial charge in [0, 0.05) is 31.0 Å². The molecule has 2 aliphatic rings. The number of fused-ring (bicyclic) bond motifs is 1. The standard InChI is InChI=1S/C19H26N6/c1-19(2,3)16-7-8-18(24-22-16)25-11-13(12-25)10-20-17-9-14-5-4-6-15(14)21-23-17/h7-9,13H,4-6,10-12H2,1-3H3,(H,20,23). The molecule has 1 fully saturated rings. The van der Waals surface area contributed by atoms with Gasteiger partial charge in [-0.2, -0.15) is 10.2 Å². The Bertz CT molecular complexity index is 743. The molecule has 6 heteroatoms. The first-order valence-electron chi connectivity index (χ1n) is 9.17. The summed E-state index contributed by atoms with van der Waals surface area (Å²) in [7, 11) is 0. The van der Waals surface area contributed by atoms with Crippen molar-refractivity contribution in [2.75, 3.05) is 29.9 Å². The van der Waals surface area contributed by atoms with Crippen molar-refractivity contribution in [2.24, 2.45) is 5.92 Å². The van der Waals surface area contributed by atoms with E-state index >= 15 is 0 Å². The summed E-state index contributed by atoms with van der Waals surface area (Å²) in [6, 6.07) is 6.35. The first-order chi connectivity index (χ1) is 12.0. The van der Waals surface area contributed by atoms with Crippen LogP contribution in [0.4, 0.5) is 11.6 Å². The summed E-state index contributed by atoms with van der Waals surface area (Å²) in [5, 5.41) is 20.8. The second kappa shape index (κ2) is 6.24. The first kappa shape index (κ1) is 16.2. The lowest BCUT2D eigenvalue weighted by Gasteiger charge is -2.40. The van der Waals surface area contributed by atoms with Crippen LogP contribution >= 0.6 is 0 Å². The first-order valence-corrected chi connectivity index (χ1v) is 9.17. The van der Waals surface area contributed by atoms with E-state index in [9.17, 15) is 0 Å². The molecular weight excluding hydrogens is 312 g/mol. The summed E-state index contributed by atoms with van der Waals surface area (Å²) in [4.78, 5) is 2.28. The summed E-state index contributed by atoms with van der Waals surface area (Å²) in [5.74, 6) is 2.49. The lowest BCUT2D eigenvalue weighted by molar-refractivity contribution is 0.424. The molecule has 4 rings (SSSR count). The Hall–Kier alpha value is -2.24. The van der Waals surface area contributed by atoms with Gasteiger partial charge < -0.3 is 10.2 Å². The minimum absolute atomic E-state index is 0.0455. The van der Waals surface area contributed by atoms with Crippen LogP contribution in [0.5, 0.6) is 0 Å². The molecule has 0 bridgehead atoms. The van der Waals surface area contributed by atoms with Crippen molar-refractivity contribution in [2.45, 2.75) is 45.4 Å². The third-order valence-corrected chi connectivity index (χ3v) is 5.09. The van der Waals surface area contributed by atoms with E-state index in [1.54, 1.807) is 0 Å². The second-order valence-corrected chi connectivity index (χ2v) is 8.23. The zero-order chi connectivity index (χ0) is 17.4. The van der Waals surface area contributed by atoms with Crippen LogP contribution in [0.1, 0.15) is 44.1 Å². The van der Waals surface area contributed by atoms with Gasteiger partial charge in [0.15, 0.2) is 5.82 Å². The number of anilines is 2. The van der Waals surface area contributed by atoms with E-state index in [4.69, 9.17) is 0 Å². The van der Waals surface area contributed by atoms with Crippen molar-refractivity contribution < 1.29 is 0 Å². The van der Waals surface area contributed by atoms with Gasteiger partial charge in [0.25, 0.3) is 0 Å². The molecule has 0 spiro atoms. The normalized spacial score (nSPS) is 17.3. The molecule has 0 radical (unpaired) electrons. The fourth-order valence-corrected chi connectivity index (χ4v) is 3.44. The van der Waals surface area contributed by atoms with Crippen molar-refractivity contribution in [1.82, 2.24) is 20.4 Å². The van der Waals surface area contributed by atoms with Crippen molar-refractivity contribution in [3.8, 4) is 0 Å². The number of nitrogens with zero attached hydrogens (tertiary/aromatic N) is 5. The minimum Gasteiger partial charge on any atom is -0.368 e. The highest BCUT2D eigenvalue weighted by atomic mass is 15.3. The molecule has 0 unspecified atom stereocenters. The summed E-state index contributed by atoms with van der Waals surface area (Å²) in [6.45, 7) is 9.42. The van der Waals surface area contributed by atoms with Crippen molar-refractivity contribution >= 4 is 11.6 Å².